The fraction of sp³-hybridized carbons (Fsp3) is 0.500. The van der Waals surface area contributed by atoms with Gasteiger partial charge in [-0.15, -0.1) is 0 Å². The molecule has 0 amide bonds. The molecule has 1 aliphatic carbocycles. The van der Waals surface area contributed by atoms with Crippen LogP contribution in [-0.4, -0.2) is 19.1 Å². The van der Waals surface area contributed by atoms with Crippen molar-refractivity contribution < 1.29 is 0 Å². The Bertz CT molecular complexity index is 374. The fourth-order valence-electron chi connectivity index (χ4n) is 2.28. The van der Waals surface area contributed by atoms with Crippen molar-refractivity contribution in [1.82, 2.24) is 5.32 Å². The molecule has 0 saturated heterocycles. The van der Waals surface area contributed by atoms with Crippen molar-refractivity contribution in [1.29, 1.82) is 0 Å². The molecule has 0 spiro atoms. The van der Waals surface area contributed by atoms with Crippen LogP contribution in [-0.2, 0) is 6.54 Å². The smallest absolute Gasteiger partial charge is 0.0415 e. The molecule has 0 atom stereocenters. The van der Waals surface area contributed by atoms with E-state index in [-0.39, 0.29) is 0 Å². The summed E-state index contributed by atoms with van der Waals surface area (Å²) < 4.78 is 1.18. The molecule has 2 nitrogen and oxygen atoms in total. The van der Waals surface area contributed by atoms with Crippen LogP contribution in [0, 0.1) is 0 Å². The fourth-order valence-corrected chi connectivity index (χ4v) is 2.69. The van der Waals surface area contributed by atoms with Crippen LogP contribution in [0.2, 0.25) is 0 Å². The van der Waals surface area contributed by atoms with Gasteiger partial charge in [0.15, 0.2) is 0 Å². The first-order valence-electron chi connectivity index (χ1n) is 5.60. The van der Waals surface area contributed by atoms with Crippen molar-refractivity contribution in [2.24, 2.45) is 0 Å². The SMILES string of the molecule is Brc1ccc2c(c1)CNCCN2C1CC1. The lowest BCUT2D eigenvalue weighted by atomic mass is 10.1. The van der Waals surface area contributed by atoms with E-state index >= 15 is 0 Å². The molecule has 80 valence electrons. The predicted octanol–water partition coefficient (Wildman–Crippen LogP) is 2.52. The lowest BCUT2D eigenvalue weighted by Crippen LogP contribution is -2.30. The summed E-state index contributed by atoms with van der Waals surface area (Å²) in [5, 5.41) is 3.48. The highest BCUT2D eigenvalue weighted by Crippen LogP contribution is 2.35. The maximum absolute atomic E-state index is 3.54. The van der Waals surface area contributed by atoms with E-state index in [1.165, 1.54) is 28.6 Å². The van der Waals surface area contributed by atoms with Crippen LogP contribution >= 0.6 is 15.9 Å². The minimum Gasteiger partial charge on any atom is -0.367 e. The van der Waals surface area contributed by atoms with Gasteiger partial charge in [0, 0.05) is 35.8 Å². The molecule has 15 heavy (non-hydrogen) atoms. The Hall–Kier alpha value is -0.540. The van der Waals surface area contributed by atoms with Gasteiger partial charge in [0.1, 0.15) is 0 Å². The molecule has 3 rings (SSSR count). The van der Waals surface area contributed by atoms with Gasteiger partial charge < -0.3 is 10.2 Å². The molecule has 1 aromatic rings. The number of hydrogen-bond donors (Lipinski definition) is 1. The van der Waals surface area contributed by atoms with Crippen LogP contribution in [0.25, 0.3) is 0 Å². The second-order valence-electron chi connectivity index (χ2n) is 4.37. The van der Waals surface area contributed by atoms with Crippen LogP contribution in [0.1, 0.15) is 18.4 Å². The first kappa shape index (κ1) is 9.67. The van der Waals surface area contributed by atoms with Crippen molar-refractivity contribution in [2.75, 3.05) is 18.0 Å². The van der Waals surface area contributed by atoms with Gasteiger partial charge in [-0.05, 0) is 36.6 Å². The highest BCUT2D eigenvalue weighted by molar-refractivity contribution is 9.10. The Morgan fingerprint density at radius 3 is 3.00 bits per heavy atom. The Labute approximate surface area is 98.8 Å². The van der Waals surface area contributed by atoms with E-state index in [0.29, 0.717) is 0 Å². The Morgan fingerprint density at radius 2 is 2.20 bits per heavy atom. The third kappa shape index (κ3) is 1.91. The number of rotatable bonds is 1. The largest absolute Gasteiger partial charge is 0.367 e. The zero-order chi connectivity index (χ0) is 10.3. The van der Waals surface area contributed by atoms with Crippen molar-refractivity contribution in [2.45, 2.75) is 25.4 Å². The Morgan fingerprint density at radius 1 is 1.33 bits per heavy atom. The summed E-state index contributed by atoms with van der Waals surface area (Å²) in [5.74, 6) is 0. The molecule has 2 aliphatic rings. The van der Waals surface area contributed by atoms with E-state index in [1.807, 2.05) is 0 Å². The predicted molar refractivity (Wildman–Crippen MR) is 66.2 cm³/mol. The topological polar surface area (TPSA) is 15.3 Å². The maximum Gasteiger partial charge on any atom is 0.0415 e. The van der Waals surface area contributed by atoms with Gasteiger partial charge in [-0.25, -0.2) is 0 Å². The highest BCUT2D eigenvalue weighted by Gasteiger charge is 2.30. The second kappa shape index (κ2) is 3.80. The third-order valence-corrected chi connectivity index (χ3v) is 3.68. The molecule has 0 bridgehead atoms. The van der Waals surface area contributed by atoms with Crippen molar-refractivity contribution >= 4 is 21.6 Å². The van der Waals surface area contributed by atoms with Gasteiger partial charge in [0.25, 0.3) is 0 Å². The number of benzene rings is 1. The lowest BCUT2D eigenvalue weighted by Gasteiger charge is -2.24. The summed E-state index contributed by atoms with van der Waals surface area (Å²) in [6, 6.07) is 7.46. The van der Waals surface area contributed by atoms with E-state index < -0.39 is 0 Å². The van der Waals surface area contributed by atoms with E-state index in [1.54, 1.807) is 0 Å². The average Bonchev–Trinajstić information content (AvgIpc) is 3.01. The molecule has 3 heteroatoms. The van der Waals surface area contributed by atoms with Gasteiger partial charge in [-0.2, -0.15) is 0 Å². The molecule has 1 fully saturated rings. The molecule has 1 saturated carbocycles. The molecular formula is C12H15BrN2. The monoisotopic (exact) mass is 266 g/mol. The summed E-state index contributed by atoms with van der Waals surface area (Å²) in [4.78, 5) is 2.57. The number of hydrogen-bond acceptors (Lipinski definition) is 2. The molecule has 0 aromatic heterocycles. The number of anilines is 1. The zero-order valence-electron chi connectivity index (χ0n) is 8.67. The zero-order valence-corrected chi connectivity index (χ0v) is 10.3. The van der Waals surface area contributed by atoms with Crippen molar-refractivity contribution in [3.8, 4) is 0 Å². The molecule has 1 aliphatic heterocycles. The summed E-state index contributed by atoms with van der Waals surface area (Å²) >= 11 is 3.54. The number of fused-ring (bicyclic) bond motifs is 1. The van der Waals surface area contributed by atoms with Crippen LogP contribution in [0.15, 0.2) is 22.7 Å². The van der Waals surface area contributed by atoms with Crippen LogP contribution in [0.3, 0.4) is 0 Å². The highest BCUT2D eigenvalue weighted by atomic mass is 79.9. The van der Waals surface area contributed by atoms with Gasteiger partial charge in [0.05, 0.1) is 0 Å². The van der Waals surface area contributed by atoms with Gasteiger partial charge >= 0.3 is 0 Å². The number of nitrogens with zero attached hydrogens (tertiary/aromatic N) is 1. The Balaban J connectivity index is 2.00. The van der Waals surface area contributed by atoms with Gasteiger partial charge in [-0.1, -0.05) is 15.9 Å². The molecule has 0 unspecified atom stereocenters. The van der Waals surface area contributed by atoms with E-state index in [0.717, 1.165) is 25.7 Å². The lowest BCUT2D eigenvalue weighted by molar-refractivity contribution is 0.687. The standard InChI is InChI=1S/C12H15BrN2/c13-10-1-4-12-9(7-10)8-14-5-6-15(12)11-2-3-11/h1,4,7,11,14H,2-3,5-6,8H2. The number of nitrogens with one attached hydrogen (secondary N) is 1. The molecule has 0 radical (unpaired) electrons. The van der Waals surface area contributed by atoms with E-state index in [4.69, 9.17) is 0 Å². The normalized spacial score (nSPS) is 21.0. The minimum atomic E-state index is 0.810. The molecule has 1 aromatic carbocycles. The third-order valence-electron chi connectivity index (χ3n) is 3.18. The van der Waals surface area contributed by atoms with E-state index in [2.05, 4.69) is 44.3 Å². The quantitative estimate of drug-likeness (QED) is 0.841. The summed E-state index contributed by atoms with van der Waals surface area (Å²) in [6.07, 6.45) is 2.74. The summed E-state index contributed by atoms with van der Waals surface area (Å²) in [6.45, 7) is 3.25. The maximum atomic E-state index is 3.54. The van der Waals surface area contributed by atoms with Crippen LogP contribution in [0.4, 0.5) is 5.69 Å². The van der Waals surface area contributed by atoms with Gasteiger partial charge in [0.2, 0.25) is 0 Å². The Kier molecular flexibility index (Phi) is 2.45. The first-order valence-corrected chi connectivity index (χ1v) is 6.40. The molecule has 1 heterocycles. The van der Waals surface area contributed by atoms with E-state index in [9.17, 15) is 0 Å². The van der Waals surface area contributed by atoms with Crippen molar-refractivity contribution in [3.05, 3.63) is 28.2 Å². The second-order valence-corrected chi connectivity index (χ2v) is 5.29. The van der Waals surface area contributed by atoms with Crippen LogP contribution < -0.4 is 10.2 Å². The first-order chi connectivity index (χ1) is 7.34. The van der Waals surface area contributed by atoms with Crippen molar-refractivity contribution in [3.63, 3.8) is 0 Å². The van der Waals surface area contributed by atoms with Crippen LogP contribution in [0.5, 0.6) is 0 Å². The van der Waals surface area contributed by atoms with Gasteiger partial charge in [-0.3, -0.25) is 0 Å². The average molecular weight is 267 g/mol. The molecular weight excluding hydrogens is 252 g/mol. The summed E-state index contributed by atoms with van der Waals surface area (Å²) in [5.41, 5.74) is 2.86. The molecule has 1 N–H and O–H groups in total. The summed E-state index contributed by atoms with van der Waals surface area (Å²) in [7, 11) is 0. The minimum absolute atomic E-state index is 0.810. The number of halogens is 1.